The molecule has 2 fully saturated rings. The standard InChI is InChI=1S/C22H31N3O3/c26-18(9-15-25-14-5-1-2-8-19(25)27)24-20-16-6-3-4-7-17(16)22(21(20)28)10-12-23-13-11-22/h3-4,6-7,20-21,23,28H,1-2,5,8-15H2,(H,24,26)/t20-,21+/m1/s1. The SMILES string of the molecule is O=C(CCN1CCCCCC1=O)N[C@@H]1c2ccccc2C2(CCNCC2)[C@H]1O. The van der Waals surface area contributed by atoms with Crippen molar-refractivity contribution in [3.63, 3.8) is 0 Å². The molecular weight excluding hydrogens is 354 g/mol. The van der Waals surface area contributed by atoms with Crippen LogP contribution in [-0.2, 0) is 15.0 Å². The Morgan fingerprint density at radius 3 is 2.82 bits per heavy atom. The molecule has 6 heteroatoms. The van der Waals surface area contributed by atoms with E-state index in [9.17, 15) is 14.7 Å². The molecule has 2 amide bonds. The molecule has 152 valence electrons. The van der Waals surface area contributed by atoms with Crippen molar-refractivity contribution in [3.05, 3.63) is 35.4 Å². The van der Waals surface area contributed by atoms with Gasteiger partial charge in [-0.05, 0) is 49.9 Å². The first-order valence-electron chi connectivity index (χ1n) is 10.7. The smallest absolute Gasteiger partial charge is 0.222 e. The number of nitrogens with zero attached hydrogens (tertiary/aromatic N) is 1. The predicted molar refractivity (Wildman–Crippen MR) is 107 cm³/mol. The number of hydrogen-bond acceptors (Lipinski definition) is 4. The van der Waals surface area contributed by atoms with Crippen LogP contribution in [-0.4, -0.2) is 54.1 Å². The van der Waals surface area contributed by atoms with Crippen LogP contribution in [0.3, 0.4) is 0 Å². The number of hydrogen-bond donors (Lipinski definition) is 3. The number of fused-ring (bicyclic) bond motifs is 2. The Morgan fingerprint density at radius 1 is 1.21 bits per heavy atom. The summed E-state index contributed by atoms with van der Waals surface area (Å²) >= 11 is 0. The normalized spacial score (nSPS) is 26.8. The highest BCUT2D eigenvalue weighted by atomic mass is 16.3. The van der Waals surface area contributed by atoms with E-state index in [2.05, 4.69) is 16.7 Å². The van der Waals surface area contributed by atoms with E-state index in [1.165, 1.54) is 5.56 Å². The van der Waals surface area contributed by atoms with Crippen molar-refractivity contribution >= 4 is 11.8 Å². The van der Waals surface area contributed by atoms with Gasteiger partial charge in [-0.15, -0.1) is 0 Å². The number of piperidine rings is 1. The molecule has 0 unspecified atom stereocenters. The lowest BCUT2D eigenvalue weighted by Gasteiger charge is -2.38. The lowest BCUT2D eigenvalue weighted by molar-refractivity contribution is -0.131. The molecule has 1 aromatic rings. The number of carbonyl (C=O) groups excluding carboxylic acids is 2. The first-order chi connectivity index (χ1) is 13.6. The summed E-state index contributed by atoms with van der Waals surface area (Å²) < 4.78 is 0. The largest absolute Gasteiger partial charge is 0.390 e. The fraction of sp³-hybridized carbons (Fsp3) is 0.636. The Morgan fingerprint density at radius 2 is 2.00 bits per heavy atom. The van der Waals surface area contributed by atoms with E-state index < -0.39 is 6.10 Å². The van der Waals surface area contributed by atoms with Crippen LogP contribution < -0.4 is 10.6 Å². The second-order valence-corrected chi connectivity index (χ2v) is 8.42. The van der Waals surface area contributed by atoms with Gasteiger partial charge in [-0.3, -0.25) is 9.59 Å². The molecule has 0 aromatic heterocycles. The molecule has 2 heterocycles. The fourth-order valence-corrected chi connectivity index (χ4v) is 5.22. The van der Waals surface area contributed by atoms with Crippen molar-refractivity contribution in [3.8, 4) is 0 Å². The Kier molecular flexibility index (Phi) is 5.69. The monoisotopic (exact) mass is 385 g/mol. The maximum Gasteiger partial charge on any atom is 0.222 e. The van der Waals surface area contributed by atoms with Crippen LogP contribution in [0, 0.1) is 0 Å². The van der Waals surface area contributed by atoms with E-state index in [0.29, 0.717) is 13.0 Å². The number of likely N-dealkylation sites (tertiary alicyclic amines) is 1. The summed E-state index contributed by atoms with van der Waals surface area (Å²) in [5, 5.41) is 17.7. The second-order valence-electron chi connectivity index (χ2n) is 8.42. The number of aliphatic hydroxyl groups excluding tert-OH is 1. The van der Waals surface area contributed by atoms with Gasteiger partial charge in [0.1, 0.15) is 0 Å². The zero-order valence-electron chi connectivity index (χ0n) is 16.5. The first-order valence-corrected chi connectivity index (χ1v) is 10.7. The molecule has 1 aliphatic carbocycles. The van der Waals surface area contributed by atoms with Crippen molar-refractivity contribution in [2.45, 2.75) is 62.5 Å². The third kappa shape index (κ3) is 3.55. The summed E-state index contributed by atoms with van der Waals surface area (Å²) in [6.07, 6.45) is 5.05. The molecule has 1 aromatic carbocycles. The van der Waals surface area contributed by atoms with E-state index in [0.717, 1.165) is 57.3 Å². The lowest BCUT2D eigenvalue weighted by Crippen LogP contribution is -2.48. The molecule has 3 N–H and O–H groups in total. The van der Waals surface area contributed by atoms with E-state index in [1.54, 1.807) is 0 Å². The Balaban J connectivity index is 1.44. The van der Waals surface area contributed by atoms with Gasteiger partial charge in [0.15, 0.2) is 0 Å². The van der Waals surface area contributed by atoms with E-state index in [1.807, 2.05) is 23.1 Å². The van der Waals surface area contributed by atoms with Crippen molar-refractivity contribution in [1.29, 1.82) is 0 Å². The van der Waals surface area contributed by atoms with Gasteiger partial charge in [0.2, 0.25) is 11.8 Å². The molecule has 3 aliphatic rings. The second kappa shape index (κ2) is 8.21. The molecular formula is C22H31N3O3. The summed E-state index contributed by atoms with van der Waals surface area (Å²) in [6.45, 7) is 2.97. The van der Waals surface area contributed by atoms with Gasteiger partial charge in [-0.1, -0.05) is 30.7 Å². The van der Waals surface area contributed by atoms with Crippen LogP contribution in [0.15, 0.2) is 24.3 Å². The molecule has 0 bridgehead atoms. The minimum atomic E-state index is -0.615. The van der Waals surface area contributed by atoms with Crippen molar-refractivity contribution in [2.75, 3.05) is 26.2 Å². The Bertz CT molecular complexity index is 729. The summed E-state index contributed by atoms with van der Waals surface area (Å²) in [5.74, 6) is 0.0621. The van der Waals surface area contributed by atoms with Crippen LogP contribution in [0.2, 0.25) is 0 Å². The van der Waals surface area contributed by atoms with E-state index >= 15 is 0 Å². The fourth-order valence-electron chi connectivity index (χ4n) is 5.22. The van der Waals surface area contributed by atoms with Crippen LogP contribution in [0.1, 0.15) is 62.1 Å². The number of aliphatic hydroxyl groups is 1. The minimum Gasteiger partial charge on any atom is -0.390 e. The summed E-state index contributed by atoms with van der Waals surface area (Å²) in [5.41, 5.74) is 1.94. The molecule has 2 aliphatic heterocycles. The molecule has 4 rings (SSSR count). The van der Waals surface area contributed by atoms with Crippen LogP contribution in [0.25, 0.3) is 0 Å². The highest BCUT2D eigenvalue weighted by Crippen LogP contribution is 2.49. The summed E-state index contributed by atoms with van der Waals surface area (Å²) in [6, 6.07) is 7.75. The third-order valence-electron chi connectivity index (χ3n) is 6.81. The number of carbonyl (C=O) groups is 2. The molecule has 0 saturated carbocycles. The zero-order chi connectivity index (χ0) is 19.6. The third-order valence-corrected chi connectivity index (χ3v) is 6.81. The van der Waals surface area contributed by atoms with Gasteiger partial charge in [0, 0.05) is 31.3 Å². The highest BCUT2D eigenvalue weighted by molar-refractivity contribution is 5.79. The number of nitrogens with one attached hydrogen (secondary N) is 2. The first kappa shape index (κ1) is 19.4. The molecule has 1 spiro atoms. The molecule has 0 radical (unpaired) electrons. The predicted octanol–water partition coefficient (Wildman–Crippen LogP) is 1.63. The van der Waals surface area contributed by atoms with Crippen molar-refractivity contribution in [1.82, 2.24) is 15.5 Å². The quantitative estimate of drug-likeness (QED) is 0.736. The topological polar surface area (TPSA) is 81.7 Å². The average molecular weight is 386 g/mol. The van der Waals surface area contributed by atoms with Gasteiger partial charge >= 0.3 is 0 Å². The van der Waals surface area contributed by atoms with Gasteiger partial charge in [0.05, 0.1) is 12.1 Å². The number of rotatable bonds is 4. The van der Waals surface area contributed by atoms with E-state index in [-0.39, 0.29) is 29.7 Å². The average Bonchev–Trinajstić information content (AvgIpc) is 2.85. The molecule has 6 nitrogen and oxygen atoms in total. The zero-order valence-corrected chi connectivity index (χ0v) is 16.5. The van der Waals surface area contributed by atoms with Gasteiger partial charge in [0.25, 0.3) is 0 Å². The Labute approximate surface area is 166 Å². The maximum absolute atomic E-state index is 12.7. The maximum atomic E-state index is 12.7. The molecule has 2 atom stereocenters. The van der Waals surface area contributed by atoms with Crippen molar-refractivity contribution in [2.24, 2.45) is 0 Å². The minimum absolute atomic E-state index is 0.0955. The summed E-state index contributed by atoms with van der Waals surface area (Å²) in [4.78, 5) is 26.6. The number of amides is 2. The van der Waals surface area contributed by atoms with Gasteiger partial charge in [-0.2, -0.15) is 0 Å². The summed E-state index contributed by atoms with van der Waals surface area (Å²) in [7, 11) is 0. The molecule has 2 saturated heterocycles. The Hall–Kier alpha value is -1.92. The van der Waals surface area contributed by atoms with E-state index in [4.69, 9.17) is 0 Å². The van der Waals surface area contributed by atoms with Gasteiger partial charge in [-0.25, -0.2) is 0 Å². The highest BCUT2D eigenvalue weighted by Gasteiger charge is 2.52. The van der Waals surface area contributed by atoms with Crippen LogP contribution in [0.5, 0.6) is 0 Å². The van der Waals surface area contributed by atoms with Crippen LogP contribution in [0.4, 0.5) is 0 Å². The molecule has 28 heavy (non-hydrogen) atoms. The van der Waals surface area contributed by atoms with Gasteiger partial charge < -0.3 is 20.6 Å². The van der Waals surface area contributed by atoms with Crippen LogP contribution >= 0.6 is 0 Å². The van der Waals surface area contributed by atoms with Crippen molar-refractivity contribution < 1.29 is 14.7 Å². The number of benzene rings is 1. The lowest BCUT2D eigenvalue weighted by atomic mass is 9.72.